The summed E-state index contributed by atoms with van der Waals surface area (Å²) in [7, 11) is 0. The molecule has 2 amide bonds. The van der Waals surface area contributed by atoms with E-state index in [1.165, 1.54) is 0 Å². The normalized spacial score (nSPS) is 16.7. The molecule has 20 heavy (non-hydrogen) atoms. The summed E-state index contributed by atoms with van der Waals surface area (Å²) in [5.41, 5.74) is -0.0586. The topological polar surface area (TPSA) is 70.6 Å². The van der Waals surface area contributed by atoms with Crippen LogP contribution in [-0.2, 0) is 0 Å². The number of ether oxygens (including phenoxy) is 1. The van der Waals surface area contributed by atoms with Crippen LogP contribution in [-0.4, -0.2) is 29.9 Å². The molecule has 1 saturated carbocycles. The van der Waals surface area contributed by atoms with Gasteiger partial charge in [0.15, 0.2) is 0 Å². The van der Waals surface area contributed by atoms with Crippen molar-refractivity contribution in [2.45, 2.75) is 38.2 Å². The van der Waals surface area contributed by atoms with Crippen LogP contribution in [0.3, 0.4) is 0 Å². The lowest BCUT2D eigenvalue weighted by Crippen LogP contribution is -2.42. The summed E-state index contributed by atoms with van der Waals surface area (Å²) in [6.45, 7) is 2.79. The Bertz CT molecular complexity index is 456. The predicted molar refractivity (Wildman–Crippen MR) is 78.1 cm³/mol. The lowest BCUT2D eigenvalue weighted by molar-refractivity contribution is 0.0506. The van der Waals surface area contributed by atoms with E-state index in [4.69, 9.17) is 4.74 Å². The van der Waals surface area contributed by atoms with E-state index in [0.29, 0.717) is 18.8 Å². The van der Waals surface area contributed by atoms with Gasteiger partial charge in [0.1, 0.15) is 5.75 Å². The molecule has 3 N–H and O–H groups in total. The highest BCUT2D eigenvalue weighted by molar-refractivity contribution is 5.89. The zero-order chi connectivity index (χ0) is 14.4. The molecule has 1 fully saturated rings. The molecule has 2 rings (SSSR count). The Kier molecular flexibility index (Phi) is 4.84. The largest absolute Gasteiger partial charge is 0.494 e. The Morgan fingerprint density at radius 2 is 2.15 bits per heavy atom. The maximum Gasteiger partial charge on any atom is 0.319 e. The molecule has 1 aliphatic carbocycles. The summed E-state index contributed by atoms with van der Waals surface area (Å²) in [6.07, 6.45) is 3.56. The molecule has 0 heterocycles. The van der Waals surface area contributed by atoms with E-state index < -0.39 is 5.60 Å². The maximum absolute atomic E-state index is 11.8. The van der Waals surface area contributed by atoms with Gasteiger partial charge in [0.25, 0.3) is 0 Å². The molecule has 1 aliphatic rings. The Hall–Kier alpha value is -1.75. The predicted octanol–water partition coefficient (Wildman–Crippen LogP) is 2.51. The van der Waals surface area contributed by atoms with E-state index in [9.17, 15) is 9.90 Å². The molecule has 0 radical (unpaired) electrons. The van der Waals surface area contributed by atoms with Gasteiger partial charge in [-0.15, -0.1) is 0 Å². The third kappa shape index (κ3) is 4.13. The van der Waals surface area contributed by atoms with Crippen molar-refractivity contribution in [3.8, 4) is 5.75 Å². The van der Waals surface area contributed by atoms with Gasteiger partial charge in [-0.1, -0.05) is 18.9 Å². The quantitative estimate of drug-likeness (QED) is 0.775. The van der Waals surface area contributed by atoms with E-state index in [2.05, 4.69) is 10.6 Å². The number of carbonyl (C=O) groups excluding carboxylic acids is 1. The molecule has 0 bridgehead atoms. The van der Waals surface area contributed by atoms with Gasteiger partial charge < -0.3 is 20.5 Å². The molecule has 0 saturated heterocycles. The van der Waals surface area contributed by atoms with Gasteiger partial charge >= 0.3 is 6.03 Å². The van der Waals surface area contributed by atoms with Crippen molar-refractivity contribution < 1.29 is 14.6 Å². The fourth-order valence-corrected chi connectivity index (χ4v) is 2.46. The van der Waals surface area contributed by atoms with E-state index in [-0.39, 0.29) is 6.03 Å². The zero-order valence-corrected chi connectivity index (χ0v) is 11.8. The summed E-state index contributed by atoms with van der Waals surface area (Å²) in [5, 5.41) is 15.6. The summed E-state index contributed by atoms with van der Waals surface area (Å²) >= 11 is 0. The van der Waals surface area contributed by atoms with Crippen LogP contribution in [0.4, 0.5) is 10.5 Å². The van der Waals surface area contributed by atoms with Crippen LogP contribution < -0.4 is 15.4 Å². The third-order valence-electron chi connectivity index (χ3n) is 3.52. The van der Waals surface area contributed by atoms with Crippen molar-refractivity contribution in [2.24, 2.45) is 0 Å². The molecule has 0 unspecified atom stereocenters. The first kappa shape index (κ1) is 14.7. The second-order valence-electron chi connectivity index (χ2n) is 5.20. The Labute approximate surface area is 119 Å². The highest BCUT2D eigenvalue weighted by Crippen LogP contribution is 2.28. The van der Waals surface area contributed by atoms with Crippen molar-refractivity contribution in [1.29, 1.82) is 0 Å². The minimum Gasteiger partial charge on any atom is -0.494 e. The van der Waals surface area contributed by atoms with E-state index >= 15 is 0 Å². The second-order valence-corrected chi connectivity index (χ2v) is 5.20. The number of nitrogens with one attached hydrogen (secondary N) is 2. The Morgan fingerprint density at radius 1 is 1.40 bits per heavy atom. The Morgan fingerprint density at radius 3 is 2.85 bits per heavy atom. The summed E-state index contributed by atoms with van der Waals surface area (Å²) in [4.78, 5) is 11.8. The number of urea groups is 1. The molecule has 0 atom stereocenters. The van der Waals surface area contributed by atoms with Crippen molar-refractivity contribution in [3.05, 3.63) is 24.3 Å². The van der Waals surface area contributed by atoms with Crippen molar-refractivity contribution in [1.82, 2.24) is 5.32 Å². The van der Waals surface area contributed by atoms with Crippen LogP contribution in [0.1, 0.15) is 32.6 Å². The second kappa shape index (κ2) is 6.61. The number of hydrogen-bond acceptors (Lipinski definition) is 3. The number of rotatable bonds is 5. The van der Waals surface area contributed by atoms with E-state index in [1.807, 2.05) is 19.1 Å². The molecule has 5 heteroatoms. The fourth-order valence-electron chi connectivity index (χ4n) is 2.46. The number of amides is 2. The van der Waals surface area contributed by atoms with Crippen LogP contribution in [0.5, 0.6) is 5.75 Å². The van der Waals surface area contributed by atoms with Crippen molar-refractivity contribution >= 4 is 11.7 Å². The van der Waals surface area contributed by atoms with Gasteiger partial charge in [-0.25, -0.2) is 4.79 Å². The molecule has 1 aromatic carbocycles. The highest BCUT2D eigenvalue weighted by Gasteiger charge is 2.31. The molecule has 110 valence electrons. The molecule has 5 nitrogen and oxygen atoms in total. The van der Waals surface area contributed by atoms with Crippen LogP contribution in [0.2, 0.25) is 0 Å². The third-order valence-corrected chi connectivity index (χ3v) is 3.52. The summed E-state index contributed by atoms with van der Waals surface area (Å²) in [5.74, 6) is 0.722. The fraction of sp³-hybridized carbons (Fsp3) is 0.533. The minimum absolute atomic E-state index is 0.296. The lowest BCUT2D eigenvalue weighted by atomic mass is 10.0. The number of carbonyl (C=O) groups is 1. The van der Waals surface area contributed by atoms with Gasteiger partial charge in [0.2, 0.25) is 0 Å². The monoisotopic (exact) mass is 278 g/mol. The van der Waals surface area contributed by atoms with Crippen molar-refractivity contribution in [3.63, 3.8) is 0 Å². The van der Waals surface area contributed by atoms with Crippen LogP contribution in [0.15, 0.2) is 24.3 Å². The van der Waals surface area contributed by atoms with Gasteiger partial charge in [-0.3, -0.25) is 0 Å². The van der Waals surface area contributed by atoms with Crippen LogP contribution in [0.25, 0.3) is 0 Å². The average molecular weight is 278 g/mol. The summed E-state index contributed by atoms with van der Waals surface area (Å²) in [6, 6.07) is 6.93. The van der Waals surface area contributed by atoms with Gasteiger partial charge in [-0.05, 0) is 31.9 Å². The molecule has 0 aromatic heterocycles. The van der Waals surface area contributed by atoms with Crippen LogP contribution in [0, 0.1) is 0 Å². The van der Waals surface area contributed by atoms with Crippen molar-refractivity contribution in [2.75, 3.05) is 18.5 Å². The molecule has 0 aliphatic heterocycles. The van der Waals surface area contributed by atoms with Gasteiger partial charge in [0, 0.05) is 18.3 Å². The maximum atomic E-state index is 11.8. The standard InChI is InChI=1S/C15H22N2O3/c1-2-20-13-7-5-6-12(10-13)17-14(18)16-11-15(19)8-3-4-9-15/h5-7,10,19H,2-4,8-9,11H2,1H3,(H2,16,17,18). The first-order valence-corrected chi connectivity index (χ1v) is 7.11. The SMILES string of the molecule is CCOc1cccc(NC(=O)NCC2(O)CCCC2)c1. The lowest BCUT2D eigenvalue weighted by Gasteiger charge is -2.22. The molecular weight excluding hydrogens is 256 g/mol. The molecule has 1 aromatic rings. The average Bonchev–Trinajstić information content (AvgIpc) is 2.85. The van der Waals surface area contributed by atoms with Crippen LogP contribution >= 0.6 is 0 Å². The highest BCUT2D eigenvalue weighted by atomic mass is 16.5. The number of hydrogen-bond donors (Lipinski definition) is 3. The van der Waals surface area contributed by atoms with Gasteiger partial charge in [-0.2, -0.15) is 0 Å². The van der Waals surface area contributed by atoms with Gasteiger partial charge in [0.05, 0.1) is 12.2 Å². The van der Waals surface area contributed by atoms with E-state index in [1.54, 1.807) is 12.1 Å². The summed E-state index contributed by atoms with van der Waals surface area (Å²) < 4.78 is 5.37. The number of anilines is 1. The van der Waals surface area contributed by atoms with E-state index in [0.717, 1.165) is 31.4 Å². The molecular formula is C15H22N2O3. The zero-order valence-electron chi connectivity index (χ0n) is 11.8. The first-order valence-electron chi connectivity index (χ1n) is 7.11. The smallest absolute Gasteiger partial charge is 0.319 e. The number of aliphatic hydroxyl groups is 1. The Balaban J connectivity index is 1.83. The first-order chi connectivity index (χ1) is 9.61. The number of benzene rings is 1. The minimum atomic E-state index is -0.732. The molecule has 0 spiro atoms.